The zero-order valence-corrected chi connectivity index (χ0v) is 10.9. The van der Waals surface area contributed by atoms with E-state index in [-0.39, 0.29) is 16.7 Å². The van der Waals surface area contributed by atoms with Gasteiger partial charge in [0.25, 0.3) is 5.69 Å². The van der Waals surface area contributed by atoms with E-state index in [0.29, 0.717) is 5.69 Å². The van der Waals surface area contributed by atoms with Crippen molar-refractivity contribution in [1.82, 2.24) is 0 Å². The van der Waals surface area contributed by atoms with Crippen molar-refractivity contribution >= 4 is 17.3 Å². The van der Waals surface area contributed by atoms with Crippen LogP contribution >= 0.6 is 0 Å². The Morgan fingerprint density at radius 1 is 1.47 bits per heavy atom. The Bertz CT molecular complexity index is 539. The molecule has 1 aliphatic rings. The summed E-state index contributed by atoms with van der Waals surface area (Å²) >= 11 is 0. The van der Waals surface area contributed by atoms with Gasteiger partial charge in [0.2, 0.25) is 0 Å². The average molecular weight is 264 g/mol. The maximum atomic E-state index is 10.9. The largest absolute Gasteiger partial charge is 0.477 e. The number of carbonyl (C=O) groups is 1. The van der Waals surface area contributed by atoms with Crippen molar-refractivity contribution < 1.29 is 14.8 Å². The monoisotopic (exact) mass is 264 g/mol. The molecule has 19 heavy (non-hydrogen) atoms. The van der Waals surface area contributed by atoms with Crippen molar-refractivity contribution in [2.45, 2.75) is 20.3 Å². The third-order valence-electron chi connectivity index (χ3n) is 3.45. The van der Waals surface area contributed by atoms with Crippen molar-refractivity contribution in [3.8, 4) is 0 Å². The Morgan fingerprint density at radius 3 is 2.63 bits per heavy atom. The van der Waals surface area contributed by atoms with Crippen LogP contribution in [-0.2, 0) is 0 Å². The lowest BCUT2D eigenvalue weighted by molar-refractivity contribution is -0.385. The first-order valence-electron chi connectivity index (χ1n) is 6.07. The number of aromatic carboxylic acids is 1. The number of carboxylic acids is 1. The van der Waals surface area contributed by atoms with Gasteiger partial charge in [0.05, 0.1) is 4.92 Å². The molecule has 0 unspecified atom stereocenters. The van der Waals surface area contributed by atoms with Gasteiger partial charge in [0.1, 0.15) is 5.56 Å². The predicted octanol–water partition coefficient (Wildman–Crippen LogP) is 2.53. The van der Waals surface area contributed by atoms with Crippen LogP contribution in [0, 0.1) is 15.5 Å². The van der Waals surface area contributed by atoms with Crippen LogP contribution in [0.1, 0.15) is 30.6 Å². The minimum Gasteiger partial charge on any atom is -0.477 e. The minimum atomic E-state index is -1.28. The molecule has 1 N–H and O–H groups in total. The molecule has 1 heterocycles. The lowest BCUT2D eigenvalue weighted by Gasteiger charge is -2.21. The number of benzene rings is 1. The van der Waals surface area contributed by atoms with Gasteiger partial charge >= 0.3 is 5.97 Å². The van der Waals surface area contributed by atoms with Gasteiger partial charge in [-0.2, -0.15) is 0 Å². The molecule has 0 bridgehead atoms. The van der Waals surface area contributed by atoms with Gasteiger partial charge in [0, 0.05) is 24.8 Å². The standard InChI is InChI=1S/C13H16N2O4/c1-13(2)5-6-14(8-13)9-3-4-10(12(16)17)11(7-9)15(18)19/h3-4,7H,5-6,8H2,1-2H3,(H,16,17). The molecule has 1 aromatic carbocycles. The van der Waals surface area contributed by atoms with Gasteiger partial charge in [-0.1, -0.05) is 13.8 Å². The van der Waals surface area contributed by atoms with Crippen LogP contribution in [0.4, 0.5) is 11.4 Å². The SMILES string of the molecule is CC1(C)CCN(c2ccc(C(=O)O)c([N+](=O)[O-])c2)C1. The number of nitro benzene ring substituents is 1. The maximum Gasteiger partial charge on any atom is 0.342 e. The third-order valence-corrected chi connectivity index (χ3v) is 3.45. The number of nitrogens with zero attached hydrogens (tertiary/aromatic N) is 2. The van der Waals surface area contributed by atoms with Crippen molar-refractivity contribution in [1.29, 1.82) is 0 Å². The number of anilines is 1. The Kier molecular flexibility index (Phi) is 3.18. The highest BCUT2D eigenvalue weighted by molar-refractivity contribution is 5.93. The lowest BCUT2D eigenvalue weighted by atomic mass is 9.93. The molecule has 2 rings (SSSR count). The molecular weight excluding hydrogens is 248 g/mol. The number of rotatable bonds is 3. The second kappa shape index (κ2) is 4.53. The van der Waals surface area contributed by atoms with E-state index in [2.05, 4.69) is 18.7 Å². The van der Waals surface area contributed by atoms with E-state index in [9.17, 15) is 14.9 Å². The van der Waals surface area contributed by atoms with Gasteiger partial charge in [0.15, 0.2) is 0 Å². The summed E-state index contributed by atoms with van der Waals surface area (Å²) in [4.78, 5) is 23.3. The second-order valence-corrected chi connectivity index (χ2v) is 5.60. The smallest absolute Gasteiger partial charge is 0.342 e. The highest BCUT2D eigenvalue weighted by atomic mass is 16.6. The molecule has 0 amide bonds. The average Bonchev–Trinajstić information content (AvgIpc) is 2.68. The van der Waals surface area contributed by atoms with Gasteiger partial charge in [-0.3, -0.25) is 10.1 Å². The van der Waals surface area contributed by atoms with Gasteiger partial charge in [-0.15, -0.1) is 0 Å². The van der Waals surface area contributed by atoms with Crippen molar-refractivity contribution in [2.24, 2.45) is 5.41 Å². The summed E-state index contributed by atoms with van der Waals surface area (Å²) < 4.78 is 0. The zero-order valence-electron chi connectivity index (χ0n) is 10.9. The van der Waals surface area contributed by atoms with Crippen molar-refractivity contribution in [3.63, 3.8) is 0 Å². The van der Waals surface area contributed by atoms with Crippen molar-refractivity contribution in [2.75, 3.05) is 18.0 Å². The molecule has 0 spiro atoms. The summed E-state index contributed by atoms with van der Waals surface area (Å²) in [6.45, 7) is 5.94. The molecule has 6 nitrogen and oxygen atoms in total. The Hall–Kier alpha value is -2.11. The summed E-state index contributed by atoms with van der Waals surface area (Å²) in [5.41, 5.74) is 0.268. The predicted molar refractivity (Wildman–Crippen MR) is 70.7 cm³/mol. The molecule has 0 saturated carbocycles. The normalized spacial score (nSPS) is 17.5. The van der Waals surface area contributed by atoms with E-state index in [0.717, 1.165) is 19.5 Å². The van der Waals surface area contributed by atoms with Crippen LogP contribution in [0.15, 0.2) is 18.2 Å². The van der Waals surface area contributed by atoms with Gasteiger partial charge in [-0.05, 0) is 24.0 Å². The van der Waals surface area contributed by atoms with Crippen molar-refractivity contribution in [3.05, 3.63) is 33.9 Å². The lowest BCUT2D eigenvalue weighted by Crippen LogP contribution is -2.22. The van der Waals surface area contributed by atoms with Crippen LogP contribution in [0.5, 0.6) is 0 Å². The summed E-state index contributed by atoms with van der Waals surface area (Å²) in [6, 6.07) is 4.30. The Labute approximate surface area is 110 Å². The molecule has 0 aliphatic carbocycles. The maximum absolute atomic E-state index is 10.9. The van der Waals surface area contributed by atoms with E-state index in [1.54, 1.807) is 6.07 Å². The molecule has 102 valence electrons. The first-order chi connectivity index (χ1) is 8.80. The second-order valence-electron chi connectivity index (χ2n) is 5.60. The first kappa shape index (κ1) is 13.3. The zero-order chi connectivity index (χ0) is 14.2. The molecule has 1 aliphatic heterocycles. The summed E-state index contributed by atoms with van der Waals surface area (Å²) in [5.74, 6) is -1.28. The molecule has 1 saturated heterocycles. The van der Waals surface area contributed by atoms with Gasteiger partial charge < -0.3 is 10.0 Å². The van der Waals surface area contributed by atoms with E-state index in [1.165, 1.54) is 12.1 Å². The molecular formula is C13H16N2O4. The van der Waals surface area contributed by atoms with Crippen LogP contribution < -0.4 is 4.90 Å². The summed E-state index contributed by atoms with van der Waals surface area (Å²) in [7, 11) is 0. The van der Waals surface area contributed by atoms with E-state index < -0.39 is 10.9 Å². The fraction of sp³-hybridized carbons (Fsp3) is 0.462. The summed E-state index contributed by atoms with van der Waals surface area (Å²) in [5, 5.41) is 19.9. The molecule has 1 fully saturated rings. The van der Waals surface area contributed by atoms with Crippen LogP contribution in [0.25, 0.3) is 0 Å². The summed E-state index contributed by atoms with van der Waals surface area (Å²) in [6.07, 6.45) is 1.02. The Morgan fingerprint density at radius 2 is 2.16 bits per heavy atom. The Balaban J connectivity index is 2.37. The van der Waals surface area contributed by atoms with E-state index in [4.69, 9.17) is 5.11 Å². The number of hydrogen-bond donors (Lipinski definition) is 1. The van der Waals surface area contributed by atoms with E-state index >= 15 is 0 Å². The molecule has 0 radical (unpaired) electrons. The molecule has 6 heteroatoms. The fourth-order valence-corrected chi connectivity index (χ4v) is 2.38. The first-order valence-corrected chi connectivity index (χ1v) is 6.07. The number of carboxylic acid groups (broad SMARTS) is 1. The van der Waals surface area contributed by atoms with Crippen LogP contribution in [-0.4, -0.2) is 29.1 Å². The van der Waals surface area contributed by atoms with Gasteiger partial charge in [-0.25, -0.2) is 4.79 Å². The number of nitro groups is 1. The topological polar surface area (TPSA) is 83.7 Å². The van der Waals surface area contributed by atoms with Crippen LogP contribution in [0.2, 0.25) is 0 Å². The molecule has 0 atom stereocenters. The highest BCUT2D eigenvalue weighted by Gasteiger charge is 2.30. The van der Waals surface area contributed by atoms with E-state index in [1.807, 2.05) is 0 Å². The minimum absolute atomic E-state index is 0.181. The fourth-order valence-electron chi connectivity index (χ4n) is 2.38. The van der Waals surface area contributed by atoms with Crippen LogP contribution in [0.3, 0.4) is 0 Å². The number of hydrogen-bond acceptors (Lipinski definition) is 4. The molecule has 0 aromatic heterocycles. The quantitative estimate of drug-likeness (QED) is 0.670. The molecule has 1 aromatic rings. The highest BCUT2D eigenvalue weighted by Crippen LogP contribution is 2.34. The third kappa shape index (κ3) is 2.67.